The number of carbonyl (C=O) groups excluding carboxylic acids is 1. The van der Waals surface area contributed by atoms with Crippen molar-refractivity contribution < 1.29 is 9.53 Å². The Labute approximate surface area is 161 Å². The molecule has 6 heteroatoms. The molecule has 0 spiro atoms. The fraction of sp³-hybridized carbons (Fsp3) is 0.400. The second-order valence-corrected chi connectivity index (χ2v) is 8.86. The first-order valence-electron chi connectivity index (χ1n) is 8.92. The van der Waals surface area contributed by atoms with E-state index >= 15 is 0 Å². The summed E-state index contributed by atoms with van der Waals surface area (Å²) in [7, 11) is 0. The Kier molecular flexibility index (Phi) is 5.07. The largest absolute Gasteiger partial charge is 0.376 e. The smallest absolute Gasteiger partial charge is 0.234 e. The summed E-state index contributed by atoms with van der Waals surface area (Å²) in [6.45, 7) is 5.55. The van der Waals surface area contributed by atoms with E-state index in [1.54, 1.807) is 22.7 Å². The molecule has 0 radical (unpaired) electrons. The number of hydrogen-bond acceptors (Lipinski definition) is 5. The molecule has 1 fully saturated rings. The number of thiophene rings is 1. The van der Waals surface area contributed by atoms with E-state index in [9.17, 15) is 4.79 Å². The normalized spacial score (nSPS) is 17.1. The van der Waals surface area contributed by atoms with Crippen molar-refractivity contribution >= 4 is 43.9 Å². The Morgan fingerprint density at radius 1 is 1.38 bits per heavy atom. The van der Waals surface area contributed by atoms with E-state index in [2.05, 4.69) is 26.0 Å². The van der Waals surface area contributed by atoms with Gasteiger partial charge in [0, 0.05) is 11.5 Å². The number of amides is 1. The molecule has 0 N–H and O–H groups in total. The van der Waals surface area contributed by atoms with E-state index in [1.165, 1.54) is 5.56 Å². The quantitative estimate of drug-likeness (QED) is 0.637. The molecule has 26 heavy (non-hydrogen) atoms. The predicted octanol–water partition coefficient (Wildman–Crippen LogP) is 4.73. The van der Waals surface area contributed by atoms with Gasteiger partial charge < -0.3 is 4.74 Å². The first-order chi connectivity index (χ1) is 12.6. The minimum atomic E-state index is 0.0939. The zero-order valence-corrected chi connectivity index (χ0v) is 16.7. The lowest BCUT2D eigenvalue weighted by Gasteiger charge is -2.22. The highest BCUT2D eigenvalue weighted by atomic mass is 32.1. The maximum atomic E-state index is 13.1. The molecule has 136 valence electrons. The van der Waals surface area contributed by atoms with Crippen molar-refractivity contribution in [2.24, 2.45) is 0 Å². The van der Waals surface area contributed by atoms with Gasteiger partial charge in [-0.25, -0.2) is 4.98 Å². The van der Waals surface area contributed by atoms with Gasteiger partial charge in [-0.2, -0.15) is 0 Å². The van der Waals surface area contributed by atoms with Crippen LogP contribution in [0.1, 0.15) is 28.8 Å². The van der Waals surface area contributed by atoms with Gasteiger partial charge in [0.25, 0.3) is 0 Å². The third kappa shape index (κ3) is 3.68. The molecule has 1 amide bonds. The van der Waals surface area contributed by atoms with Gasteiger partial charge in [-0.1, -0.05) is 23.5 Å². The minimum Gasteiger partial charge on any atom is -0.376 e. The number of rotatable bonds is 5. The number of aryl methyl sites for hydroxylation is 2. The first-order valence-corrected chi connectivity index (χ1v) is 10.6. The van der Waals surface area contributed by atoms with Gasteiger partial charge in [0.2, 0.25) is 5.91 Å². The second-order valence-electron chi connectivity index (χ2n) is 6.82. The van der Waals surface area contributed by atoms with Crippen LogP contribution < -0.4 is 4.90 Å². The number of aromatic nitrogens is 1. The highest BCUT2D eigenvalue weighted by molar-refractivity contribution is 7.22. The summed E-state index contributed by atoms with van der Waals surface area (Å²) in [6, 6.07) is 8.29. The van der Waals surface area contributed by atoms with Crippen LogP contribution in [0.15, 0.2) is 29.6 Å². The summed E-state index contributed by atoms with van der Waals surface area (Å²) in [5.74, 6) is 0.0939. The van der Waals surface area contributed by atoms with E-state index in [0.29, 0.717) is 13.0 Å². The van der Waals surface area contributed by atoms with Gasteiger partial charge in [-0.3, -0.25) is 9.69 Å². The predicted molar refractivity (Wildman–Crippen MR) is 108 cm³/mol. The molecule has 2 aromatic heterocycles. The molecule has 1 aliphatic rings. The third-order valence-electron chi connectivity index (χ3n) is 4.67. The fourth-order valence-corrected chi connectivity index (χ4v) is 5.27. The van der Waals surface area contributed by atoms with Gasteiger partial charge in [-0.05, 0) is 55.3 Å². The lowest BCUT2D eigenvalue weighted by Crippen LogP contribution is -2.38. The molecule has 0 saturated carbocycles. The number of hydrogen-bond donors (Lipinski definition) is 0. The van der Waals surface area contributed by atoms with E-state index in [4.69, 9.17) is 9.72 Å². The van der Waals surface area contributed by atoms with E-state index in [1.807, 2.05) is 22.4 Å². The number of carbonyl (C=O) groups is 1. The maximum Gasteiger partial charge on any atom is 0.234 e. The van der Waals surface area contributed by atoms with Crippen LogP contribution >= 0.6 is 22.7 Å². The SMILES string of the molecule is Cc1cc(C)c2nc(N(CC3CCCO3)C(=O)Cc3cccs3)sc2c1. The topological polar surface area (TPSA) is 42.4 Å². The van der Waals surface area contributed by atoms with Crippen molar-refractivity contribution in [2.45, 2.75) is 39.2 Å². The monoisotopic (exact) mass is 386 g/mol. The summed E-state index contributed by atoms with van der Waals surface area (Å²) in [5, 5.41) is 2.79. The van der Waals surface area contributed by atoms with Gasteiger partial charge in [-0.15, -0.1) is 11.3 Å². The second kappa shape index (κ2) is 7.47. The molecule has 0 aliphatic carbocycles. The highest BCUT2D eigenvalue weighted by Crippen LogP contribution is 2.33. The van der Waals surface area contributed by atoms with Crippen molar-refractivity contribution in [3.05, 3.63) is 45.6 Å². The summed E-state index contributed by atoms with van der Waals surface area (Å²) in [4.78, 5) is 20.8. The Bertz CT molecular complexity index is 911. The lowest BCUT2D eigenvalue weighted by molar-refractivity contribution is -0.118. The van der Waals surface area contributed by atoms with Crippen LogP contribution in [0, 0.1) is 13.8 Å². The molecule has 3 heterocycles. The summed E-state index contributed by atoms with van der Waals surface area (Å²) >= 11 is 3.22. The maximum absolute atomic E-state index is 13.1. The molecule has 4 nitrogen and oxygen atoms in total. The van der Waals surface area contributed by atoms with Crippen molar-refractivity contribution in [2.75, 3.05) is 18.1 Å². The van der Waals surface area contributed by atoms with Crippen LogP contribution in [-0.4, -0.2) is 30.1 Å². The Hall–Kier alpha value is -1.76. The third-order valence-corrected chi connectivity index (χ3v) is 6.57. The average molecular weight is 387 g/mol. The number of fused-ring (bicyclic) bond motifs is 1. The van der Waals surface area contributed by atoms with E-state index in [-0.39, 0.29) is 12.0 Å². The molecule has 1 unspecified atom stereocenters. The number of anilines is 1. The van der Waals surface area contributed by atoms with Crippen molar-refractivity contribution in [3.63, 3.8) is 0 Å². The van der Waals surface area contributed by atoms with Crippen molar-refractivity contribution in [1.29, 1.82) is 0 Å². The molecule has 1 aliphatic heterocycles. The van der Waals surface area contributed by atoms with E-state index in [0.717, 1.165) is 45.2 Å². The molecule has 0 bridgehead atoms. The molecule has 1 atom stereocenters. The van der Waals surface area contributed by atoms with Gasteiger partial charge in [0.15, 0.2) is 5.13 Å². The minimum absolute atomic E-state index is 0.0939. The van der Waals surface area contributed by atoms with Crippen LogP contribution in [0.2, 0.25) is 0 Å². The van der Waals surface area contributed by atoms with Crippen LogP contribution in [0.4, 0.5) is 5.13 Å². The Balaban J connectivity index is 1.67. The molecule has 3 aromatic rings. The van der Waals surface area contributed by atoms with Crippen molar-refractivity contribution in [1.82, 2.24) is 4.98 Å². The van der Waals surface area contributed by atoms with Crippen LogP contribution in [0.5, 0.6) is 0 Å². The van der Waals surface area contributed by atoms with Crippen molar-refractivity contribution in [3.8, 4) is 0 Å². The standard InChI is InChI=1S/C20H22N2O2S2/c1-13-9-14(2)19-17(10-13)26-20(21-19)22(12-15-5-3-7-24-15)18(23)11-16-6-4-8-25-16/h4,6,8-10,15H,3,5,7,11-12H2,1-2H3. The van der Waals surface area contributed by atoms with E-state index < -0.39 is 0 Å². The Morgan fingerprint density at radius 3 is 3.00 bits per heavy atom. The summed E-state index contributed by atoms with van der Waals surface area (Å²) in [5.41, 5.74) is 3.38. The lowest BCUT2D eigenvalue weighted by atomic mass is 10.1. The van der Waals surface area contributed by atoms with Crippen LogP contribution in [-0.2, 0) is 16.0 Å². The van der Waals surface area contributed by atoms with Gasteiger partial charge in [0.05, 0.1) is 29.3 Å². The highest BCUT2D eigenvalue weighted by Gasteiger charge is 2.26. The fourth-order valence-electron chi connectivity index (χ4n) is 3.41. The first kappa shape index (κ1) is 17.6. The Morgan fingerprint density at radius 2 is 2.27 bits per heavy atom. The molecule has 1 saturated heterocycles. The van der Waals surface area contributed by atoms with Crippen LogP contribution in [0.25, 0.3) is 10.2 Å². The summed E-state index contributed by atoms with van der Waals surface area (Å²) in [6.07, 6.45) is 2.59. The zero-order valence-electron chi connectivity index (χ0n) is 15.0. The number of ether oxygens (including phenoxy) is 1. The summed E-state index contributed by atoms with van der Waals surface area (Å²) < 4.78 is 6.93. The van der Waals surface area contributed by atoms with Crippen LogP contribution in [0.3, 0.4) is 0 Å². The zero-order chi connectivity index (χ0) is 18.1. The molecule has 1 aromatic carbocycles. The molecular formula is C20H22N2O2S2. The molecular weight excluding hydrogens is 364 g/mol. The van der Waals surface area contributed by atoms with Gasteiger partial charge >= 0.3 is 0 Å². The van der Waals surface area contributed by atoms with Gasteiger partial charge in [0.1, 0.15) is 0 Å². The average Bonchev–Trinajstić information content (AvgIpc) is 3.33. The number of nitrogens with zero attached hydrogens (tertiary/aromatic N) is 2. The molecule has 4 rings (SSSR count). The number of benzene rings is 1. The number of thiazole rings is 1.